The quantitative estimate of drug-likeness (QED) is 0.904. The summed E-state index contributed by atoms with van der Waals surface area (Å²) in [5, 5.41) is 12.6. The summed E-state index contributed by atoms with van der Waals surface area (Å²) in [4.78, 5) is 0. The van der Waals surface area contributed by atoms with E-state index in [9.17, 15) is 8.42 Å². The zero-order chi connectivity index (χ0) is 13.4. The standard InChI is InChI=1S/C12H13ClN2O2S/c1-12(5-6-18(16,17)8-12)15-11-4-2-3-10(13)9(11)7-14/h2-4,15H,5-6,8H2,1H3. The third-order valence-corrected chi connectivity index (χ3v) is 5.28. The molecular formula is C12H13ClN2O2S. The Hall–Kier alpha value is -1.25. The monoisotopic (exact) mass is 284 g/mol. The van der Waals surface area contributed by atoms with Crippen molar-refractivity contribution >= 4 is 27.1 Å². The number of hydrogen-bond donors (Lipinski definition) is 1. The van der Waals surface area contributed by atoms with E-state index in [0.29, 0.717) is 22.7 Å². The molecule has 0 radical (unpaired) electrons. The number of hydrogen-bond acceptors (Lipinski definition) is 4. The van der Waals surface area contributed by atoms with Crippen molar-refractivity contribution in [2.24, 2.45) is 0 Å². The normalized spacial score (nSPS) is 25.6. The van der Waals surface area contributed by atoms with Crippen LogP contribution in [-0.2, 0) is 9.84 Å². The molecule has 1 unspecified atom stereocenters. The van der Waals surface area contributed by atoms with Gasteiger partial charge < -0.3 is 5.32 Å². The Balaban J connectivity index is 2.31. The van der Waals surface area contributed by atoms with Crippen LogP contribution in [0.5, 0.6) is 0 Å². The predicted molar refractivity (Wildman–Crippen MR) is 71.5 cm³/mol. The zero-order valence-corrected chi connectivity index (χ0v) is 11.5. The van der Waals surface area contributed by atoms with Gasteiger partial charge >= 0.3 is 0 Å². The molecule has 1 aromatic carbocycles. The number of nitriles is 1. The van der Waals surface area contributed by atoms with Crippen LogP contribution in [0.1, 0.15) is 18.9 Å². The molecule has 4 nitrogen and oxygen atoms in total. The maximum absolute atomic E-state index is 11.5. The van der Waals surface area contributed by atoms with Gasteiger partial charge in [0.25, 0.3) is 0 Å². The smallest absolute Gasteiger partial charge is 0.152 e. The summed E-state index contributed by atoms with van der Waals surface area (Å²) in [6.07, 6.45) is 0.534. The lowest BCUT2D eigenvalue weighted by Gasteiger charge is -2.26. The summed E-state index contributed by atoms with van der Waals surface area (Å²) in [5.74, 6) is 0.260. The van der Waals surface area contributed by atoms with Gasteiger partial charge in [-0.05, 0) is 25.5 Å². The van der Waals surface area contributed by atoms with Crippen LogP contribution in [0.15, 0.2) is 18.2 Å². The van der Waals surface area contributed by atoms with Crippen LogP contribution in [0.2, 0.25) is 5.02 Å². The van der Waals surface area contributed by atoms with Crippen molar-refractivity contribution in [2.45, 2.75) is 18.9 Å². The van der Waals surface area contributed by atoms with E-state index in [-0.39, 0.29) is 11.5 Å². The molecule has 1 aromatic rings. The van der Waals surface area contributed by atoms with Crippen LogP contribution in [0, 0.1) is 11.3 Å². The van der Waals surface area contributed by atoms with E-state index in [1.807, 2.05) is 13.0 Å². The second kappa shape index (κ2) is 4.45. The lowest BCUT2D eigenvalue weighted by molar-refractivity contribution is 0.574. The van der Waals surface area contributed by atoms with E-state index < -0.39 is 15.4 Å². The Morgan fingerprint density at radius 3 is 2.78 bits per heavy atom. The average Bonchev–Trinajstić information content (AvgIpc) is 2.53. The van der Waals surface area contributed by atoms with E-state index in [0.717, 1.165) is 0 Å². The zero-order valence-electron chi connectivity index (χ0n) is 9.90. The van der Waals surface area contributed by atoms with Crippen molar-refractivity contribution in [3.8, 4) is 6.07 Å². The minimum atomic E-state index is -2.98. The molecule has 1 aliphatic rings. The Kier molecular flexibility index (Phi) is 3.26. The molecule has 1 fully saturated rings. The SMILES string of the molecule is CC1(Nc2cccc(Cl)c2C#N)CCS(=O)(=O)C1. The number of benzene rings is 1. The molecule has 6 heteroatoms. The van der Waals surface area contributed by atoms with Gasteiger partial charge in [-0.1, -0.05) is 17.7 Å². The fourth-order valence-electron chi connectivity index (χ4n) is 2.18. The maximum Gasteiger partial charge on any atom is 0.152 e. The third kappa shape index (κ3) is 2.60. The first-order chi connectivity index (χ1) is 8.35. The van der Waals surface area contributed by atoms with Crippen LogP contribution in [0.3, 0.4) is 0 Å². The average molecular weight is 285 g/mol. The fourth-order valence-corrected chi connectivity index (χ4v) is 4.49. The van der Waals surface area contributed by atoms with E-state index in [1.165, 1.54) is 0 Å². The van der Waals surface area contributed by atoms with Crippen LogP contribution < -0.4 is 5.32 Å². The molecule has 0 aromatic heterocycles. The van der Waals surface area contributed by atoms with Gasteiger partial charge in [0.1, 0.15) is 6.07 Å². The molecule has 1 heterocycles. The second-order valence-electron chi connectivity index (χ2n) is 4.80. The summed E-state index contributed by atoms with van der Waals surface area (Å²) in [7, 11) is -2.98. The summed E-state index contributed by atoms with van der Waals surface area (Å²) >= 11 is 5.94. The Morgan fingerprint density at radius 2 is 2.22 bits per heavy atom. The molecule has 0 amide bonds. The molecule has 1 N–H and O–H groups in total. The lowest BCUT2D eigenvalue weighted by Crippen LogP contribution is -2.36. The molecule has 1 saturated heterocycles. The van der Waals surface area contributed by atoms with Crippen LogP contribution in [0.25, 0.3) is 0 Å². The first-order valence-electron chi connectivity index (χ1n) is 5.52. The number of halogens is 1. The molecule has 1 aliphatic heterocycles. The Labute approximate surface area is 111 Å². The molecule has 0 aliphatic carbocycles. The largest absolute Gasteiger partial charge is 0.378 e. The van der Waals surface area contributed by atoms with Gasteiger partial charge in [-0.2, -0.15) is 5.26 Å². The highest BCUT2D eigenvalue weighted by molar-refractivity contribution is 7.91. The van der Waals surface area contributed by atoms with Crippen molar-refractivity contribution < 1.29 is 8.42 Å². The van der Waals surface area contributed by atoms with Gasteiger partial charge in [-0.25, -0.2) is 8.42 Å². The van der Waals surface area contributed by atoms with E-state index in [2.05, 4.69) is 5.32 Å². The van der Waals surface area contributed by atoms with Crippen molar-refractivity contribution in [3.63, 3.8) is 0 Å². The Morgan fingerprint density at radius 1 is 1.50 bits per heavy atom. The highest BCUT2D eigenvalue weighted by Gasteiger charge is 2.38. The van der Waals surface area contributed by atoms with Crippen molar-refractivity contribution in [2.75, 3.05) is 16.8 Å². The third-order valence-electron chi connectivity index (χ3n) is 3.07. The second-order valence-corrected chi connectivity index (χ2v) is 7.39. The van der Waals surface area contributed by atoms with Gasteiger partial charge in [0, 0.05) is 5.54 Å². The van der Waals surface area contributed by atoms with Crippen LogP contribution in [0.4, 0.5) is 5.69 Å². The minimum Gasteiger partial charge on any atom is -0.378 e. The highest BCUT2D eigenvalue weighted by atomic mass is 35.5. The van der Waals surface area contributed by atoms with Gasteiger partial charge in [0.05, 0.1) is 27.8 Å². The molecule has 0 bridgehead atoms. The molecule has 0 saturated carbocycles. The topological polar surface area (TPSA) is 70.0 Å². The van der Waals surface area contributed by atoms with Crippen LogP contribution >= 0.6 is 11.6 Å². The first-order valence-corrected chi connectivity index (χ1v) is 7.72. The number of nitrogens with one attached hydrogen (secondary N) is 1. The number of nitrogens with zero attached hydrogens (tertiary/aromatic N) is 1. The summed E-state index contributed by atoms with van der Waals surface area (Å²) in [6, 6.07) is 7.14. The minimum absolute atomic E-state index is 0.0807. The van der Waals surface area contributed by atoms with Crippen molar-refractivity contribution in [1.82, 2.24) is 0 Å². The van der Waals surface area contributed by atoms with Gasteiger partial charge in [-0.3, -0.25) is 0 Å². The van der Waals surface area contributed by atoms with Gasteiger partial charge in [0.2, 0.25) is 0 Å². The van der Waals surface area contributed by atoms with Gasteiger partial charge in [-0.15, -0.1) is 0 Å². The molecule has 0 spiro atoms. The molecule has 2 rings (SSSR count). The van der Waals surface area contributed by atoms with Crippen LogP contribution in [-0.4, -0.2) is 25.5 Å². The Bertz CT molecular complexity index is 621. The number of anilines is 1. The molecule has 18 heavy (non-hydrogen) atoms. The predicted octanol–water partition coefficient (Wildman–Crippen LogP) is 2.20. The number of sulfone groups is 1. The summed E-state index contributed by atoms with van der Waals surface area (Å²) in [6.45, 7) is 1.85. The van der Waals surface area contributed by atoms with E-state index in [4.69, 9.17) is 16.9 Å². The lowest BCUT2D eigenvalue weighted by atomic mass is 10.0. The molecule has 96 valence electrons. The van der Waals surface area contributed by atoms with E-state index >= 15 is 0 Å². The fraction of sp³-hybridized carbons (Fsp3) is 0.417. The molecule has 1 atom stereocenters. The van der Waals surface area contributed by atoms with Crippen molar-refractivity contribution in [1.29, 1.82) is 5.26 Å². The number of rotatable bonds is 2. The maximum atomic E-state index is 11.5. The highest BCUT2D eigenvalue weighted by Crippen LogP contribution is 2.31. The van der Waals surface area contributed by atoms with E-state index in [1.54, 1.807) is 18.2 Å². The summed E-state index contributed by atoms with van der Waals surface area (Å²) < 4.78 is 23.1. The van der Waals surface area contributed by atoms with Crippen molar-refractivity contribution in [3.05, 3.63) is 28.8 Å². The molecular weight excluding hydrogens is 272 g/mol. The van der Waals surface area contributed by atoms with Gasteiger partial charge in [0.15, 0.2) is 9.84 Å². The summed E-state index contributed by atoms with van der Waals surface area (Å²) in [5.41, 5.74) is 0.407. The first kappa shape index (κ1) is 13.2.